The van der Waals surface area contributed by atoms with Crippen molar-refractivity contribution < 1.29 is 9.13 Å². The molecule has 1 heterocycles. The van der Waals surface area contributed by atoms with Gasteiger partial charge in [0, 0.05) is 11.8 Å². The third kappa shape index (κ3) is 1.46. The first-order chi connectivity index (χ1) is 6.81. The zero-order chi connectivity index (χ0) is 9.97. The fourth-order valence-electron chi connectivity index (χ4n) is 1.25. The second kappa shape index (κ2) is 3.49. The molecule has 2 aromatic rings. The molecule has 0 saturated carbocycles. The average molecular weight is 192 g/mol. The molecule has 2 rings (SSSR count). The van der Waals surface area contributed by atoms with Crippen molar-refractivity contribution in [1.29, 1.82) is 0 Å². The molecule has 0 saturated heterocycles. The highest BCUT2D eigenvalue weighted by Gasteiger charge is 2.05. The molecule has 3 nitrogen and oxygen atoms in total. The van der Waals surface area contributed by atoms with Gasteiger partial charge in [-0.2, -0.15) is 5.10 Å². The van der Waals surface area contributed by atoms with Gasteiger partial charge in [-0.15, -0.1) is 0 Å². The predicted octanol–water partition coefficient (Wildman–Crippen LogP) is 2.22. The van der Waals surface area contributed by atoms with E-state index < -0.39 is 0 Å². The van der Waals surface area contributed by atoms with Crippen molar-refractivity contribution in [2.45, 2.75) is 0 Å². The maximum Gasteiger partial charge on any atom is 0.165 e. The largest absolute Gasteiger partial charge is 0.494 e. The number of H-pyrrole nitrogens is 1. The molecular weight excluding hydrogens is 183 g/mol. The molecule has 72 valence electrons. The highest BCUT2D eigenvalue weighted by atomic mass is 19.1. The number of nitrogens with one attached hydrogen (secondary N) is 1. The van der Waals surface area contributed by atoms with Crippen LogP contribution in [0.5, 0.6) is 5.75 Å². The van der Waals surface area contributed by atoms with Gasteiger partial charge in [0.1, 0.15) is 0 Å². The van der Waals surface area contributed by atoms with Crippen molar-refractivity contribution >= 4 is 0 Å². The maximum absolute atomic E-state index is 13.1. The van der Waals surface area contributed by atoms with Crippen LogP contribution in [0.4, 0.5) is 4.39 Å². The molecule has 0 fully saturated rings. The fourth-order valence-corrected chi connectivity index (χ4v) is 1.25. The lowest BCUT2D eigenvalue weighted by Gasteiger charge is -2.03. The summed E-state index contributed by atoms with van der Waals surface area (Å²) in [6, 6.07) is 4.70. The van der Waals surface area contributed by atoms with Gasteiger partial charge >= 0.3 is 0 Å². The Morgan fingerprint density at radius 2 is 2.21 bits per heavy atom. The summed E-state index contributed by atoms with van der Waals surface area (Å²) >= 11 is 0. The van der Waals surface area contributed by atoms with Crippen LogP contribution in [0.1, 0.15) is 0 Å². The van der Waals surface area contributed by atoms with E-state index in [1.165, 1.54) is 13.2 Å². The monoisotopic (exact) mass is 192 g/mol. The fraction of sp³-hybridized carbons (Fsp3) is 0.100. The molecule has 0 bridgehead atoms. The highest BCUT2D eigenvalue weighted by molar-refractivity contribution is 5.63. The van der Waals surface area contributed by atoms with Crippen LogP contribution in [0, 0.1) is 5.82 Å². The molecule has 0 amide bonds. The Bertz CT molecular complexity index is 426. The number of hydrogen-bond donors (Lipinski definition) is 1. The van der Waals surface area contributed by atoms with Crippen LogP contribution in [0.3, 0.4) is 0 Å². The average Bonchev–Trinajstić information content (AvgIpc) is 2.71. The van der Waals surface area contributed by atoms with Gasteiger partial charge in [-0.05, 0) is 17.7 Å². The topological polar surface area (TPSA) is 37.9 Å². The van der Waals surface area contributed by atoms with E-state index >= 15 is 0 Å². The van der Waals surface area contributed by atoms with E-state index in [-0.39, 0.29) is 11.6 Å². The van der Waals surface area contributed by atoms with Gasteiger partial charge in [0.2, 0.25) is 0 Å². The van der Waals surface area contributed by atoms with Crippen LogP contribution in [0.25, 0.3) is 11.1 Å². The standard InChI is InChI=1S/C10H9FN2O/c1-14-10-4-7(2-3-9(10)11)8-5-12-13-6-8/h2-6H,1H3,(H,12,13). The van der Waals surface area contributed by atoms with E-state index in [1.54, 1.807) is 24.5 Å². The first-order valence-electron chi connectivity index (χ1n) is 4.14. The molecule has 0 radical (unpaired) electrons. The summed E-state index contributed by atoms with van der Waals surface area (Å²) in [7, 11) is 1.44. The van der Waals surface area contributed by atoms with Gasteiger partial charge in [0.15, 0.2) is 11.6 Å². The number of rotatable bonds is 2. The van der Waals surface area contributed by atoms with Crippen LogP contribution >= 0.6 is 0 Å². The molecule has 1 aromatic heterocycles. The van der Waals surface area contributed by atoms with Crippen LogP contribution in [-0.4, -0.2) is 17.3 Å². The van der Waals surface area contributed by atoms with E-state index in [0.717, 1.165) is 11.1 Å². The van der Waals surface area contributed by atoms with Gasteiger partial charge in [0.05, 0.1) is 13.3 Å². The predicted molar refractivity (Wildman–Crippen MR) is 50.5 cm³/mol. The molecule has 4 heteroatoms. The van der Waals surface area contributed by atoms with E-state index in [2.05, 4.69) is 10.2 Å². The third-order valence-corrected chi connectivity index (χ3v) is 1.98. The zero-order valence-electron chi connectivity index (χ0n) is 7.62. The molecular formula is C10H9FN2O. The first kappa shape index (κ1) is 8.74. The number of halogens is 1. The number of nitrogens with zero attached hydrogens (tertiary/aromatic N) is 1. The molecule has 0 aliphatic rings. The van der Waals surface area contributed by atoms with Crippen LogP contribution < -0.4 is 4.74 Å². The van der Waals surface area contributed by atoms with E-state index in [9.17, 15) is 4.39 Å². The summed E-state index contributed by atoms with van der Waals surface area (Å²) in [5, 5.41) is 6.51. The highest BCUT2D eigenvalue weighted by Crippen LogP contribution is 2.25. The van der Waals surface area contributed by atoms with Crippen LogP contribution in [0.2, 0.25) is 0 Å². The number of aromatic amines is 1. The lowest BCUT2D eigenvalue weighted by molar-refractivity contribution is 0.387. The summed E-state index contributed by atoms with van der Waals surface area (Å²) in [5.74, 6) is -0.122. The minimum atomic E-state index is -0.361. The van der Waals surface area contributed by atoms with Crippen molar-refractivity contribution in [3.05, 3.63) is 36.4 Å². The Kier molecular flexibility index (Phi) is 2.18. The molecule has 0 unspecified atom stereocenters. The molecule has 0 atom stereocenters. The lowest BCUT2D eigenvalue weighted by Crippen LogP contribution is -1.88. The minimum Gasteiger partial charge on any atom is -0.494 e. The summed E-state index contributed by atoms with van der Waals surface area (Å²) in [6.45, 7) is 0. The van der Waals surface area contributed by atoms with Gasteiger partial charge in [-0.1, -0.05) is 6.07 Å². The van der Waals surface area contributed by atoms with Crippen molar-refractivity contribution in [2.24, 2.45) is 0 Å². The molecule has 1 aromatic carbocycles. The van der Waals surface area contributed by atoms with E-state index in [1.807, 2.05) is 0 Å². The van der Waals surface area contributed by atoms with Gasteiger partial charge in [-0.25, -0.2) is 4.39 Å². The first-order valence-corrected chi connectivity index (χ1v) is 4.14. The number of methoxy groups -OCH3 is 1. The Balaban J connectivity index is 2.46. The molecule has 14 heavy (non-hydrogen) atoms. The number of aromatic nitrogens is 2. The van der Waals surface area contributed by atoms with E-state index in [0.29, 0.717) is 0 Å². The van der Waals surface area contributed by atoms with Crippen LogP contribution in [-0.2, 0) is 0 Å². The Hall–Kier alpha value is -1.84. The maximum atomic E-state index is 13.1. The van der Waals surface area contributed by atoms with Gasteiger partial charge < -0.3 is 4.74 Å². The van der Waals surface area contributed by atoms with Gasteiger partial charge in [-0.3, -0.25) is 5.10 Å². The Morgan fingerprint density at radius 1 is 1.36 bits per heavy atom. The Morgan fingerprint density at radius 3 is 2.86 bits per heavy atom. The summed E-state index contributed by atoms with van der Waals surface area (Å²) in [4.78, 5) is 0. The van der Waals surface area contributed by atoms with Crippen molar-refractivity contribution in [3.63, 3.8) is 0 Å². The summed E-state index contributed by atoms with van der Waals surface area (Å²) in [5.41, 5.74) is 1.78. The van der Waals surface area contributed by atoms with Gasteiger partial charge in [0.25, 0.3) is 0 Å². The molecule has 1 N–H and O–H groups in total. The van der Waals surface area contributed by atoms with Crippen LogP contribution in [0.15, 0.2) is 30.6 Å². The number of benzene rings is 1. The molecule has 0 aliphatic heterocycles. The smallest absolute Gasteiger partial charge is 0.165 e. The Labute approximate surface area is 80.5 Å². The lowest BCUT2D eigenvalue weighted by atomic mass is 10.1. The molecule has 0 aliphatic carbocycles. The summed E-state index contributed by atoms with van der Waals surface area (Å²) < 4.78 is 17.9. The second-order valence-corrected chi connectivity index (χ2v) is 2.84. The van der Waals surface area contributed by atoms with Crippen molar-refractivity contribution in [3.8, 4) is 16.9 Å². The van der Waals surface area contributed by atoms with E-state index in [4.69, 9.17) is 4.74 Å². The SMILES string of the molecule is COc1cc(-c2cn[nH]c2)ccc1F. The second-order valence-electron chi connectivity index (χ2n) is 2.84. The molecule has 0 spiro atoms. The number of ether oxygens (including phenoxy) is 1. The zero-order valence-corrected chi connectivity index (χ0v) is 7.62. The number of hydrogen-bond acceptors (Lipinski definition) is 2. The van der Waals surface area contributed by atoms with Crippen molar-refractivity contribution in [1.82, 2.24) is 10.2 Å². The normalized spacial score (nSPS) is 10.1. The third-order valence-electron chi connectivity index (χ3n) is 1.98. The minimum absolute atomic E-state index is 0.240. The summed E-state index contributed by atoms with van der Waals surface area (Å²) in [6.07, 6.45) is 3.42. The quantitative estimate of drug-likeness (QED) is 0.792. The van der Waals surface area contributed by atoms with Crippen molar-refractivity contribution in [2.75, 3.05) is 7.11 Å².